The van der Waals surface area contributed by atoms with Crippen LogP contribution in [0.5, 0.6) is 0 Å². The largest absolute Gasteiger partial charge is 0.433 e. The number of nitrogens with one attached hydrogen (secondary N) is 1. The first-order valence-electron chi connectivity index (χ1n) is 6.36. The van der Waals surface area contributed by atoms with E-state index in [0.29, 0.717) is 13.2 Å². The number of nitriles is 1. The van der Waals surface area contributed by atoms with Crippen molar-refractivity contribution >= 4 is 17.9 Å². The van der Waals surface area contributed by atoms with Gasteiger partial charge in [-0.2, -0.15) is 5.26 Å². The summed E-state index contributed by atoms with van der Waals surface area (Å²) >= 11 is 0. The number of hydrogen-bond acceptors (Lipinski definition) is 6. The average molecular weight is 291 g/mol. The molecule has 1 unspecified atom stereocenters. The summed E-state index contributed by atoms with van der Waals surface area (Å²) in [6, 6.07) is 4.22. The van der Waals surface area contributed by atoms with Gasteiger partial charge in [-0.25, -0.2) is 0 Å². The molecule has 21 heavy (non-hydrogen) atoms. The fourth-order valence-electron chi connectivity index (χ4n) is 1.92. The maximum Gasteiger partial charge on any atom is 0.433 e. The third kappa shape index (κ3) is 3.90. The van der Waals surface area contributed by atoms with Gasteiger partial charge in [0.15, 0.2) is 0 Å². The summed E-state index contributed by atoms with van der Waals surface area (Å²) in [5.41, 5.74) is -0.183. The third-order valence-corrected chi connectivity index (χ3v) is 2.96. The highest BCUT2D eigenvalue weighted by Crippen LogP contribution is 2.18. The van der Waals surface area contributed by atoms with Gasteiger partial charge in [-0.05, 0) is 18.9 Å². The van der Waals surface area contributed by atoms with E-state index in [4.69, 9.17) is 14.4 Å². The lowest BCUT2D eigenvalue weighted by Gasteiger charge is -2.09. The van der Waals surface area contributed by atoms with Gasteiger partial charge >= 0.3 is 5.88 Å². The van der Waals surface area contributed by atoms with Crippen molar-refractivity contribution in [2.24, 2.45) is 0 Å². The number of nitro groups is 1. The second-order valence-electron chi connectivity index (χ2n) is 4.45. The quantitative estimate of drug-likeness (QED) is 0.379. The highest BCUT2D eigenvalue weighted by molar-refractivity contribution is 6.01. The molecule has 0 aliphatic carbocycles. The van der Waals surface area contributed by atoms with E-state index in [-0.39, 0.29) is 17.4 Å². The van der Waals surface area contributed by atoms with Gasteiger partial charge in [-0.3, -0.25) is 14.9 Å². The molecule has 0 bridgehead atoms. The molecule has 8 nitrogen and oxygen atoms in total. The lowest BCUT2D eigenvalue weighted by molar-refractivity contribution is -0.402. The van der Waals surface area contributed by atoms with Crippen molar-refractivity contribution in [2.75, 3.05) is 13.2 Å². The van der Waals surface area contributed by atoms with Gasteiger partial charge in [-0.1, -0.05) is 0 Å². The number of rotatable bonds is 5. The molecule has 8 heteroatoms. The fraction of sp³-hybridized carbons (Fsp3) is 0.385. The summed E-state index contributed by atoms with van der Waals surface area (Å²) in [5.74, 6) is -0.934. The number of carbonyl (C=O) groups is 1. The molecule has 1 N–H and O–H groups in total. The Morgan fingerprint density at radius 3 is 3.00 bits per heavy atom. The number of carbonyl (C=O) groups excluding carboxylic acids is 1. The van der Waals surface area contributed by atoms with Gasteiger partial charge in [0, 0.05) is 19.2 Å². The molecule has 0 aromatic carbocycles. The Labute approximate surface area is 120 Å². The number of hydrogen-bond donors (Lipinski definition) is 1. The van der Waals surface area contributed by atoms with Crippen LogP contribution < -0.4 is 5.32 Å². The fourth-order valence-corrected chi connectivity index (χ4v) is 1.92. The van der Waals surface area contributed by atoms with Gasteiger partial charge in [0.25, 0.3) is 5.91 Å². The molecule has 1 saturated heterocycles. The Hall–Kier alpha value is -2.66. The Morgan fingerprint density at radius 1 is 1.62 bits per heavy atom. The van der Waals surface area contributed by atoms with Gasteiger partial charge < -0.3 is 14.5 Å². The van der Waals surface area contributed by atoms with Crippen LogP contribution in [0, 0.1) is 21.4 Å². The smallest absolute Gasteiger partial charge is 0.401 e. The second kappa shape index (κ2) is 6.67. The number of amides is 1. The average Bonchev–Trinajstić information content (AvgIpc) is 3.13. The van der Waals surface area contributed by atoms with Crippen LogP contribution in [0.4, 0.5) is 5.88 Å². The molecule has 2 rings (SSSR count). The zero-order valence-electron chi connectivity index (χ0n) is 11.1. The summed E-state index contributed by atoms with van der Waals surface area (Å²) in [4.78, 5) is 21.6. The molecule has 1 amide bonds. The standard InChI is InChI=1S/C13H13N3O5/c14-7-9(6-10-3-4-12(21-10)16(18)19)13(17)15-8-11-2-1-5-20-11/h3-4,6,11H,1-2,5,8H2,(H,15,17)/b9-6+. The summed E-state index contributed by atoms with van der Waals surface area (Å²) in [7, 11) is 0. The summed E-state index contributed by atoms with van der Waals surface area (Å²) in [6.45, 7) is 1.01. The monoisotopic (exact) mass is 291 g/mol. The van der Waals surface area contributed by atoms with Gasteiger partial charge in [0.2, 0.25) is 0 Å². The lowest BCUT2D eigenvalue weighted by atomic mass is 10.2. The number of furan rings is 1. The predicted octanol–water partition coefficient (Wildman–Crippen LogP) is 1.39. The maximum atomic E-state index is 11.8. The maximum absolute atomic E-state index is 11.8. The Bertz CT molecular complexity index is 608. The minimum absolute atomic E-state index is 0.0291. The molecule has 1 fully saturated rings. The predicted molar refractivity (Wildman–Crippen MR) is 70.9 cm³/mol. The zero-order valence-corrected chi connectivity index (χ0v) is 11.1. The van der Waals surface area contributed by atoms with Crippen LogP contribution in [-0.4, -0.2) is 30.1 Å². The van der Waals surface area contributed by atoms with E-state index in [9.17, 15) is 14.9 Å². The normalized spacial score (nSPS) is 18.2. The second-order valence-corrected chi connectivity index (χ2v) is 4.45. The van der Waals surface area contributed by atoms with Crippen LogP contribution in [0.25, 0.3) is 6.08 Å². The summed E-state index contributed by atoms with van der Waals surface area (Å²) < 4.78 is 10.2. The van der Waals surface area contributed by atoms with Gasteiger partial charge in [0.05, 0.1) is 12.2 Å². The highest BCUT2D eigenvalue weighted by atomic mass is 16.6. The molecule has 1 atom stereocenters. The molecular weight excluding hydrogens is 278 g/mol. The van der Waals surface area contributed by atoms with Crippen LogP contribution in [0.15, 0.2) is 22.1 Å². The van der Waals surface area contributed by atoms with E-state index in [1.807, 2.05) is 0 Å². The Kier molecular flexibility index (Phi) is 4.68. The van der Waals surface area contributed by atoms with Crippen molar-refractivity contribution in [3.05, 3.63) is 33.6 Å². The van der Waals surface area contributed by atoms with Crippen LogP contribution in [-0.2, 0) is 9.53 Å². The van der Waals surface area contributed by atoms with Crippen LogP contribution in [0.1, 0.15) is 18.6 Å². The SMILES string of the molecule is N#C/C(=C\c1ccc([N+](=O)[O-])o1)C(=O)NCC1CCCO1. The van der Waals surface area contributed by atoms with Crippen LogP contribution in [0.3, 0.4) is 0 Å². The minimum Gasteiger partial charge on any atom is -0.401 e. The first-order chi connectivity index (χ1) is 10.1. The Morgan fingerprint density at radius 2 is 2.43 bits per heavy atom. The van der Waals surface area contributed by atoms with Crippen molar-refractivity contribution < 1.29 is 18.9 Å². The first kappa shape index (κ1) is 14.7. The first-order valence-corrected chi connectivity index (χ1v) is 6.36. The Balaban J connectivity index is 1.99. The molecule has 1 aliphatic heterocycles. The number of ether oxygens (including phenoxy) is 1. The van der Waals surface area contributed by atoms with E-state index in [1.54, 1.807) is 6.07 Å². The highest BCUT2D eigenvalue weighted by Gasteiger charge is 2.18. The molecule has 0 saturated carbocycles. The van der Waals surface area contributed by atoms with Crippen molar-refractivity contribution in [3.8, 4) is 6.07 Å². The molecule has 0 spiro atoms. The van der Waals surface area contributed by atoms with Crippen molar-refractivity contribution in [1.82, 2.24) is 5.32 Å². The van der Waals surface area contributed by atoms with Crippen LogP contribution in [0.2, 0.25) is 0 Å². The van der Waals surface area contributed by atoms with E-state index in [0.717, 1.165) is 25.0 Å². The zero-order chi connectivity index (χ0) is 15.2. The van der Waals surface area contributed by atoms with Crippen molar-refractivity contribution in [2.45, 2.75) is 18.9 Å². The lowest BCUT2D eigenvalue weighted by Crippen LogP contribution is -2.32. The van der Waals surface area contributed by atoms with E-state index < -0.39 is 16.7 Å². The van der Waals surface area contributed by atoms with Gasteiger partial charge in [0.1, 0.15) is 22.3 Å². The summed E-state index contributed by atoms with van der Waals surface area (Å²) in [6.07, 6.45) is 2.96. The van der Waals surface area contributed by atoms with Crippen molar-refractivity contribution in [3.63, 3.8) is 0 Å². The topological polar surface area (TPSA) is 118 Å². The van der Waals surface area contributed by atoms with E-state index in [2.05, 4.69) is 5.32 Å². The molecular formula is C13H13N3O5. The molecule has 0 radical (unpaired) electrons. The summed E-state index contributed by atoms with van der Waals surface area (Å²) in [5, 5.41) is 22.1. The van der Waals surface area contributed by atoms with Gasteiger partial charge in [-0.15, -0.1) is 0 Å². The molecule has 110 valence electrons. The van der Waals surface area contributed by atoms with Crippen LogP contribution >= 0.6 is 0 Å². The molecule has 1 aromatic rings. The van der Waals surface area contributed by atoms with E-state index >= 15 is 0 Å². The molecule has 2 heterocycles. The molecule has 1 aliphatic rings. The number of nitrogens with zero attached hydrogens (tertiary/aromatic N) is 2. The molecule has 1 aromatic heterocycles. The van der Waals surface area contributed by atoms with Crippen molar-refractivity contribution in [1.29, 1.82) is 5.26 Å². The van der Waals surface area contributed by atoms with E-state index in [1.165, 1.54) is 6.07 Å². The third-order valence-electron chi connectivity index (χ3n) is 2.96. The minimum atomic E-state index is -0.694.